The highest BCUT2D eigenvalue weighted by Gasteiger charge is 2.24. The van der Waals surface area contributed by atoms with E-state index in [0.29, 0.717) is 25.8 Å². The summed E-state index contributed by atoms with van der Waals surface area (Å²) in [6, 6.07) is 0. The van der Waals surface area contributed by atoms with Gasteiger partial charge in [0.25, 0.3) is 0 Å². The Bertz CT molecular complexity index is 317. The number of amides is 1. The van der Waals surface area contributed by atoms with Crippen LogP contribution < -0.4 is 10.6 Å². The fraction of sp³-hybridized carbons (Fsp3) is 0.692. The number of carboxylic acid groups (broad SMARTS) is 1. The fourth-order valence-corrected chi connectivity index (χ4v) is 1.54. The highest BCUT2D eigenvalue weighted by molar-refractivity contribution is 5.79. The Kier molecular flexibility index (Phi) is 7.81. The number of carbonyl (C=O) groups excluding carboxylic acids is 1. The average molecular weight is 254 g/mol. The zero-order valence-corrected chi connectivity index (χ0v) is 11.1. The van der Waals surface area contributed by atoms with Gasteiger partial charge in [0.05, 0.1) is 6.54 Å². The Labute approximate surface area is 108 Å². The molecule has 0 saturated heterocycles. The lowest BCUT2D eigenvalue weighted by Crippen LogP contribution is -2.49. The van der Waals surface area contributed by atoms with Gasteiger partial charge in [0.1, 0.15) is 5.54 Å². The number of nitrogens with one attached hydrogen (secondary N) is 2. The molecule has 0 radical (unpaired) electrons. The number of hydrogen-bond donors (Lipinski definition) is 3. The van der Waals surface area contributed by atoms with Crippen molar-refractivity contribution >= 4 is 11.9 Å². The van der Waals surface area contributed by atoms with Gasteiger partial charge in [0.15, 0.2) is 0 Å². The number of carboxylic acids is 1. The van der Waals surface area contributed by atoms with E-state index in [-0.39, 0.29) is 18.9 Å². The van der Waals surface area contributed by atoms with Crippen LogP contribution in [0.2, 0.25) is 0 Å². The molecule has 0 aliphatic carbocycles. The molecule has 3 N–H and O–H groups in total. The van der Waals surface area contributed by atoms with Crippen LogP contribution in [0.4, 0.5) is 0 Å². The minimum atomic E-state index is -0.829. The third-order valence-corrected chi connectivity index (χ3v) is 2.89. The smallest absolute Gasteiger partial charge is 0.303 e. The van der Waals surface area contributed by atoms with Crippen molar-refractivity contribution in [2.45, 2.75) is 45.1 Å². The van der Waals surface area contributed by atoms with E-state index in [1.54, 1.807) is 0 Å². The minimum absolute atomic E-state index is 0.104. The van der Waals surface area contributed by atoms with Crippen LogP contribution in [-0.4, -0.2) is 35.6 Å². The van der Waals surface area contributed by atoms with Gasteiger partial charge in [-0.05, 0) is 25.8 Å². The van der Waals surface area contributed by atoms with Crippen LogP contribution in [0, 0.1) is 12.3 Å². The molecule has 102 valence electrons. The van der Waals surface area contributed by atoms with E-state index in [4.69, 9.17) is 11.5 Å². The van der Waals surface area contributed by atoms with Crippen molar-refractivity contribution in [3.05, 3.63) is 0 Å². The third kappa shape index (κ3) is 6.26. The Hall–Kier alpha value is -1.54. The van der Waals surface area contributed by atoms with Gasteiger partial charge in [-0.1, -0.05) is 19.8 Å². The summed E-state index contributed by atoms with van der Waals surface area (Å²) in [6.45, 7) is 4.53. The van der Waals surface area contributed by atoms with Crippen LogP contribution in [0.3, 0.4) is 0 Å². The second-order valence-corrected chi connectivity index (χ2v) is 4.16. The average Bonchev–Trinajstić information content (AvgIpc) is 2.35. The van der Waals surface area contributed by atoms with Crippen molar-refractivity contribution in [1.82, 2.24) is 10.6 Å². The van der Waals surface area contributed by atoms with Crippen LogP contribution >= 0.6 is 0 Å². The molecule has 0 aromatic rings. The lowest BCUT2D eigenvalue weighted by atomic mass is 9.94. The number of rotatable bonds is 9. The van der Waals surface area contributed by atoms with E-state index in [9.17, 15) is 9.59 Å². The Balaban J connectivity index is 3.90. The standard InChI is InChI=1S/C13H22N2O3/c1-4-13(5-2,6-3)15-11(16)10-14-9-7-8-12(17)18/h1,14H,5-10H2,2-3H3,(H,15,16)(H,17,18). The summed E-state index contributed by atoms with van der Waals surface area (Å²) in [6.07, 6.45) is 7.42. The molecule has 0 aliphatic heterocycles. The number of terminal acetylenes is 1. The second kappa shape index (κ2) is 8.54. The van der Waals surface area contributed by atoms with Crippen LogP contribution in [-0.2, 0) is 9.59 Å². The molecular weight excluding hydrogens is 232 g/mol. The molecule has 1 amide bonds. The van der Waals surface area contributed by atoms with E-state index in [1.807, 2.05) is 13.8 Å². The Morgan fingerprint density at radius 3 is 2.39 bits per heavy atom. The molecular formula is C13H22N2O3. The van der Waals surface area contributed by atoms with Gasteiger partial charge in [-0.3, -0.25) is 9.59 Å². The van der Waals surface area contributed by atoms with Gasteiger partial charge in [0, 0.05) is 6.42 Å². The van der Waals surface area contributed by atoms with Gasteiger partial charge in [-0.2, -0.15) is 0 Å². The van der Waals surface area contributed by atoms with E-state index in [0.717, 1.165) is 0 Å². The van der Waals surface area contributed by atoms with Crippen molar-refractivity contribution in [3.8, 4) is 12.3 Å². The summed E-state index contributed by atoms with van der Waals surface area (Å²) in [5.41, 5.74) is -0.570. The number of carbonyl (C=O) groups is 2. The molecule has 0 aromatic heterocycles. The molecule has 0 rings (SSSR count). The first-order valence-corrected chi connectivity index (χ1v) is 6.21. The molecule has 0 fully saturated rings. The maximum atomic E-state index is 11.6. The molecule has 0 heterocycles. The van der Waals surface area contributed by atoms with Crippen molar-refractivity contribution in [3.63, 3.8) is 0 Å². The van der Waals surface area contributed by atoms with E-state index in [2.05, 4.69) is 16.6 Å². The van der Waals surface area contributed by atoms with E-state index in [1.165, 1.54) is 0 Å². The highest BCUT2D eigenvalue weighted by atomic mass is 16.4. The van der Waals surface area contributed by atoms with Crippen molar-refractivity contribution in [2.75, 3.05) is 13.1 Å². The first-order valence-electron chi connectivity index (χ1n) is 6.21. The highest BCUT2D eigenvalue weighted by Crippen LogP contribution is 2.12. The SMILES string of the molecule is C#CC(CC)(CC)NC(=O)CNCCCC(=O)O. The quantitative estimate of drug-likeness (QED) is 0.419. The predicted molar refractivity (Wildman–Crippen MR) is 70.0 cm³/mol. The predicted octanol–water partition coefficient (Wildman–Crippen LogP) is 0.749. The summed E-state index contributed by atoms with van der Waals surface area (Å²) in [7, 11) is 0. The molecule has 5 nitrogen and oxygen atoms in total. The van der Waals surface area contributed by atoms with Crippen molar-refractivity contribution in [2.24, 2.45) is 0 Å². The maximum absolute atomic E-state index is 11.6. The molecule has 0 aliphatic rings. The number of aliphatic carboxylic acids is 1. The van der Waals surface area contributed by atoms with Gasteiger partial charge < -0.3 is 15.7 Å². The summed E-state index contributed by atoms with van der Waals surface area (Å²) < 4.78 is 0. The van der Waals surface area contributed by atoms with Crippen LogP contribution in [0.5, 0.6) is 0 Å². The zero-order valence-electron chi connectivity index (χ0n) is 11.1. The lowest BCUT2D eigenvalue weighted by molar-refractivity contribution is -0.137. The largest absolute Gasteiger partial charge is 0.481 e. The number of hydrogen-bond acceptors (Lipinski definition) is 3. The maximum Gasteiger partial charge on any atom is 0.303 e. The van der Waals surface area contributed by atoms with Gasteiger partial charge in [0.2, 0.25) is 5.91 Å². The molecule has 0 bridgehead atoms. The molecule has 0 spiro atoms. The Morgan fingerprint density at radius 1 is 1.33 bits per heavy atom. The summed E-state index contributed by atoms with van der Waals surface area (Å²) in [5.74, 6) is 1.64. The van der Waals surface area contributed by atoms with Gasteiger partial charge >= 0.3 is 5.97 Å². The van der Waals surface area contributed by atoms with E-state index >= 15 is 0 Å². The van der Waals surface area contributed by atoms with Crippen LogP contribution in [0.15, 0.2) is 0 Å². The molecule has 0 aromatic carbocycles. The monoisotopic (exact) mass is 254 g/mol. The molecule has 5 heteroatoms. The van der Waals surface area contributed by atoms with Crippen molar-refractivity contribution in [1.29, 1.82) is 0 Å². The molecule has 0 saturated carbocycles. The summed E-state index contributed by atoms with van der Waals surface area (Å²) >= 11 is 0. The van der Waals surface area contributed by atoms with Crippen LogP contribution in [0.25, 0.3) is 0 Å². The first-order chi connectivity index (χ1) is 8.49. The van der Waals surface area contributed by atoms with Gasteiger partial charge in [-0.15, -0.1) is 6.42 Å². The third-order valence-electron chi connectivity index (χ3n) is 2.89. The zero-order chi connectivity index (χ0) is 14.0. The normalized spacial score (nSPS) is 10.7. The Morgan fingerprint density at radius 2 is 1.94 bits per heavy atom. The van der Waals surface area contributed by atoms with Gasteiger partial charge in [-0.25, -0.2) is 0 Å². The molecule has 0 unspecified atom stereocenters. The topological polar surface area (TPSA) is 78.4 Å². The first kappa shape index (κ1) is 16.5. The second-order valence-electron chi connectivity index (χ2n) is 4.16. The van der Waals surface area contributed by atoms with Crippen molar-refractivity contribution < 1.29 is 14.7 Å². The summed E-state index contributed by atoms with van der Waals surface area (Å²) in [5, 5.41) is 14.2. The van der Waals surface area contributed by atoms with Crippen LogP contribution in [0.1, 0.15) is 39.5 Å². The minimum Gasteiger partial charge on any atom is -0.481 e. The van der Waals surface area contributed by atoms with E-state index < -0.39 is 11.5 Å². The molecule has 0 atom stereocenters. The lowest BCUT2D eigenvalue weighted by Gasteiger charge is -2.27. The summed E-state index contributed by atoms with van der Waals surface area (Å²) in [4.78, 5) is 21.9. The fourth-order valence-electron chi connectivity index (χ4n) is 1.54. The molecule has 18 heavy (non-hydrogen) atoms.